The fourth-order valence-electron chi connectivity index (χ4n) is 6.73. The van der Waals surface area contributed by atoms with Crippen molar-refractivity contribution in [1.82, 2.24) is 44.4 Å². The van der Waals surface area contributed by atoms with Crippen LogP contribution in [-0.2, 0) is 46.7 Å². The van der Waals surface area contributed by atoms with Gasteiger partial charge in [0.1, 0.15) is 18.8 Å². The maximum Gasteiger partial charge on any atom is 0.488 e. The summed E-state index contributed by atoms with van der Waals surface area (Å²) in [6, 6.07) is 6.55. The maximum absolute atomic E-state index is 14.2. The summed E-state index contributed by atoms with van der Waals surface area (Å²) in [4.78, 5) is 105. The van der Waals surface area contributed by atoms with Crippen molar-refractivity contribution in [3.63, 3.8) is 0 Å². The van der Waals surface area contributed by atoms with Crippen molar-refractivity contribution in [3.8, 4) is 0 Å². The number of unbranched alkanes of at least 4 members (excludes halogenated alkanes) is 1. The van der Waals surface area contributed by atoms with Crippen LogP contribution in [0.4, 0.5) is 0 Å². The standard InChI is InChI=1S/C43H70BN13O11/c1-7-15-51(24-41(65)56(23-37(45)61)22-36(60)29-58)39(63)27-54(17-30(2)3)42(66)28-55(18-31(4)5)40(64)25-52(16-9-8-14-48-43(46)47)38(62)26-53(32(6)59)20-35-21-57(50-49-35)19-33-10-12-34(13-11-33)44(67)68/h7,10-13,21,30-31,36,58,60,67-68H,1,8-9,14-20,22-29H2,2-6H3,(H2,45,61)(H4,46,47,48). The number of nitrogens with zero attached hydrogens (tertiary/aromatic N) is 10. The third kappa shape index (κ3) is 21.5. The second-order valence-electron chi connectivity index (χ2n) is 17.2. The highest BCUT2D eigenvalue weighted by atomic mass is 16.4. The Morgan fingerprint density at radius 3 is 1.74 bits per heavy atom. The Morgan fingerprint density at radius 1 is 0.750 bits per heavy atom. The molecular formula is C43H70BN13O11. The highest BCUT2D eigenvalue weighted by Gasteiger charge is 2.30. The van der Waals surface area contributed by atoms with Gasteiger partial charge in [0.05, 0.1) is 58.2 Å². The average Bonchev–Trinajstić information content (AvgIpc) is 3.70. The van der Waals surface area contributed by atoms with Crippen LogP contribution in [0.1, 0.15) is 58.7 Å². The summed E-state index contributed by atoms with van der Waals surface area (Å²) in [5.74, 6) is -4.82. The van der Waals surface area contributed by atoms with Crippen LogP contribution in [0.3, 0.4) is 0 Å². The lowest BCUT2D eigenvalue weighted by atomic mass is 9.80. The molecule has 0 saturated carbocycles. The quantitative estimate of drug-likeness (QED) is 0.0124. The van der Waals surface area contributed by atoms with Gasteiger partial charge in [-0.15, -0.1) is 11.7 Å². The van der Waals surface area contributed by atoms with Crippen LogP contribution in [0.5, 0.6) is 0 Å². The molecule has 7 amide bonds. The van der Waals surface area contributed by atoms with Crippen LogP contribution in [-0.4, -0.2) is 210 Å². The van der Waals surface area contributed by atoms with Gasteiger partial charge in [0.15, 0.2) is 5.96 Å². The number of aromatic nitrogens is 3. The lowest BCUT2D eigenvalue weighted by molar-refractivity contribution is -0.148. The second-order valence-corrected chi connectivity index (χ2v) is 17.2. The zero-order valence-corrected chi connectivity index (χ0v) is 39.9. The SMILES string of the molecule is C=CCN(CC(=O)N(CC(N)=O)CC(O)CO)C(=O)CN(CC(C)C)C(=O)CN(CC(C)C)C(=O)CN(CCCCN=C(N)N)C(=O)CN(Cc1cn(Cc2ccc(B(O)O)cc2)nn1)C(C)=O. The lowest BCUT2D eigenvalue weighted by Crippen LogP contribution is -2.53. The van der Waals surface area contributed by atoms with Crippen LogP contribution in [0.15, 0.2) is 48.1 Å². The van der Waals surface area contributed by atoms with E-state index in [0.29, 0.717) is 24.0 Å². The van der Waals surface area contributed by atoms with E-state index in [-0.39, 0.29) is 63.6 Å². The molecule has 1 aromatic heterocycles. The first-order chi connectivity index (χ1) is 32.0. The number of amides is 7. The van der Waals surface area contributed by atoms with Gasteiger partial charge in [0, 0.05) is 46.2 Å². The van der Waals surface area contributed by atoms with Gasteiger partial charge in [0.25, 0.3) is 0 Å². The third-order valence-electron chi connectivity index (χ3n) is 10.0. The monoisotopic (exact) mass is 956 g/mol. The fraction of sp³-hybridized carbons (Fsp3) is 0.581. The molecular weight excluding hydrogens is 885 g/mol. The minimum absolute atomic E-state index is 0.0731. The molecule has 0 saturated heterocycles. The number of benzene rings is 1. The molecule has 1 aromatic carbocycles. The van der Waals surface area contributed by atoms with Crippen LogP contribution in [0.2, 0.25) is 0 Å². The van der Waals surface area contributed by atoms with Gasteiger partial charge in [-0.1, -0.05) is 63.2 Å². The molecule has 1 atom stereocenters. The molecule has 0 bridgehead atoms. The van der Waals surface area contributed by atoms with E-state index in [0.717, 1.165) is 15.4 Å². The first kappa shape index (κ1) is 57.7. The average molecular weight is 956 g/mol. The van der Waals surface area contributed by atoms with Crippen molar-refractivity contribution >= 4 is 59.9 Å². The molecule has 2 rings (SSSR count). The van der Waals surface area contributed by atoms with Crippen molar-refractivity contribution in [3.05, 3.63) is 54.4 Å². The van der Waals surface area contributed by atoms with Gasteiger partial charge < -0.3 is 66.9 Å². The van der Waals surface area contributed by atoms with E-state index in [1.165, 1.54) is 37.3 Å². The minimum Gasteiger partial charge on any atom is -0.423 e. The Kier molecular flexibility index (Phi) is 24.9. The number of aliphatic hydroxyl groups is 2. The molecule has 1 unspecified atom stereocenters. The Balaban J connectivity index is 2.32. The second kappa shape index (κ2) is 29.4. The number of rotatable bonds is 31. The molecule has 0 aliphatic carbocycles. The highest BCUT2D eigenvalue weighted by molar-refractivity contribution is 6.58. The van der Waals surface area contributed by atoms with Crippen molar-refractivity contribution in [1.29, 1.82) is 0 Å². The number of hydrogen-bond donors (Lipinski definition) is 7. The van der Waals surface area contributed by atoms with Crippen LogP contribution in [0, 0.1) is 11.8 Å². The molecule has 0 aliphatic rings. The summed E-state index contributed by atoms with van der Waals surface area (Å²) < 4.78 is 1.53. The van der Waals surface area contributed by atoms with Gasteiger partial charge >= 0.3 is 7.12 Å². The smallest absolute Gasteiger partial charge is 0.423 e. The predicted octanol–water partition coefficient (Wildman–Crippen LogP) is -4.11. The van der Waals surface area contributed by atoms with Gasteiger partial charge in [-0.05, 0) is 35.7 Å². The summed E-state index contributed by atoms with van der Waals surface area (Å²) in [6.45, 7) is 8.82. The predicted molar refractivity (Wildman–Crippen MR) is 251 cm³/mol. The van der Waals surface area contributed by atoms with E-state index in [1.807, 2.05) is 27.7 Å². The largest absolute Gasteiger partial charge is 0.488 e. The maximum atomic E-state index is 14.2. The summed E-state index contributed by atoms with van der Waals surface area (Å²) in [7, 11) is -1.61. The van der Waals surface area contributed by atoms with Crippen molar-refractivity contribution in [2.45, 2.75) is 66.7 Å². The molecule has 10 N–H and O–H groups in total. The molecule has 1 heterocycles. The van der Waals surface area contributed by atoms with Crippen molar-refractivity contribution in [2.24, 2.45) is 34.0 Å². The Morgan fingerprint density at radius 2 is 1.25 bits per heavy atom. The molecule has 0 spiro atoms. The summed E-state index contributed by atoms with van der Waals surface area (Å²) in [5.41, 5.74) is 17.7. The Hall–Kier alpha value is -6.44. The molecule has 376 valence electrons. The van der Waals surface area contributed by atoms with Gasteiger partial charge in [-0.25, -0.2) is 4.68 Å². The molecule has 2 aromatic rings. The van der Waals surface area contributed by atoms with Crippen LogP contribution >= 0.6 is 0 Å². The van der Waals surface area contributed by atoms with E-state index in [1.54, 1.807) is 30.5 Å². The molecule has 0 fully saturated rings. The van der Waals surface area contributed by atoms with E-state index in [2.05, 4.69) is 21.9 Å². The van der Waals surface area contributed by atoms with Gasteiger partial charge in [-0.2, -0.15) is 0 Å². The molecule has 0 radical (unpaired) electrons. The zero-order chi connectivity index (χ0) is 51.1. The lowest BCUT2D eigenvalue weighted by Gasteiger charge is -2.33. The first-order valence-corrected chi connectivity index (χ1v) is 22.2. The number of hydrogen-bond acceptors (Lipinski definition) is 14. The minimum atomic E-state index is -1.61. The van der Waals surface area contributed by atoms with Crippen molar-refractivity contribution < 1.29 is 53.8 Å². The summed E-state index contributed by atoms with van der Waals surface area (Å²) in [5, 5.41) is 46.3. The molecule has 68 heavy (non-hydrogen) atoms. The number of aliphatic hydroxyl groups excluding tert-OH is 2. The van der Waals surface area contributed by atoms with E-state index >= 15 is 0 Å². The number of aliphatic imine (C=N–C) groups is 1. The number of carbonyl (C=O) groups excluding carboxylic acids is 7. The molecule has 0 aliphatic heterocycles. The molecule has 24 nitrogen and oxygen atoms in total. The molecule has 25 heteroatoms. The zero-order valence-electron chi connectivity index (χ0n) is 39.9. The first-order valence-electron chi connectivity index (χ1n) is 22.2. The Labute approximate surface area is 397 Å². The summed E-state index contributed by atoms with van der Waals surface area (Å²) in [6.07, 6.45) is 2.44. The van der Waals surface area contributed by atoms with Crippen LogP contribution in [0.25, 0.3) is 0 Å². The normalized spacial score (nSPS) is 11.4. The van der Waals surface area contributed by atoms with Crippen molar-refractivity contribution in [2.75, 3.05) is 85.1 Å². The highest BCUT2D eigenvalue weighted by Crippen LogP contribution is 2.11. The summed E-state index contributed by atoms with van der Waals surface area (Å²) >= 11 is 0. The fourth-order valence-corrected chi connectivity index (χ4v) is 6.73. The van der Waals surface area contributed by atoms with Gasteiger partial charge in [-0.3, -0.25) is 38.6 Å². The number of guanidine groups is 1. The number of primary amides is 1. The van der Waals surface area contributed by atoms with Crippen LogP contribution < -0.4 is 22.7 Å². The Bertz CT molecular complexity index is 2010. The van der Waals surface area contributed by atoms with E-state index < -0.39 is 107 Å². The third-order valence-corrected chi connectivity index (χ3v) is 10.0. The van der Waals surface area contributed by atoms with Gasteiger partial charge in [0.2, 0.25) is 41.4 Å². The van der Waals surface area contributed by atoms with E-state index in [9.17, 15) is 53.8 Å². The van der Waals surface area contributed by atoms with E-state index in [4.69, 9.17) is 17.2 Å². The number of nitrogens with two attached hydrogens (primary N) is 3. The number of carbonyl (C=O) groups is 7. The topological polar surface area (TPSA) is 341 Å².